The zero-order chi connectivity index (χ0) is 13.7. The molecule has 4 heteroatoms. The highest BCUT2D eigenvalue weighted by molar-refractivity contribution is 9.10. The van der Waals surface area contributed by atoms with Crippen LogP contribution in [0.2, 0.25) is 0 Å². The summed E-state index contributed by atoms with van der Waals surface area (Å²) in [6, 6.07) is 12.6. The zero-order valence-electron chi connectivity index (χ0n) is 10.9. The van der Waals surface area contributed by atoms with Crippen LogP contribution in [0.4, 0.5) is 0 Å². The van der Waals surface area contributed by atoms with E-state index in [0.29, 0.717) is 0 Å². The molecule has 0 bridgehead atoms. The molecule has 0 aliphatic heterocycles. The Labute approximate surface area is 124 Å². The van der Waals surface area contributed by atoms with Crippen LogP contribution in [0.1, 0.15) is 5.69 Å². The van der Waals surface area contributed by atoms with Crippen molar-refractivity contribution in [2.75, 3.05) is 0 Å². The second kappa shape index (κ2) is 4.21. The van der Waals surface area contributed by atoms with Gasteiger partial charge in [0.15, 0.2) is 0 Å². The maximum absolute atomic E-state index is 4.62. The number of fused-ring (bicyclic) bond motifs is 2. The number of para-hydroxylation sites is 1. The van der Waals surface area contributed by atoms with Gasteiger partial charge in [0.05, 0.1) is 11.4 Å². The van der Waals surface area contributed by atoms with Gasteiger partial charge in [-0.1, -0.05) is 18.2 Å². The molecule has 1 N–H and O–H groups in total. The number of imidazole rings is 1. The predicted molar refractivity (Wildman–Crippen MR) is 84.9 cm³/mol. The highest BCUT2D eigenvalue weighted by Gasteiger charge is 2.11. The first-order valence-corrected chi connectivity index (χ1v) is 7.23. The van der Waals surface area contributed by atoms with E-state index in [0.717, 1.165) is 32.6 Å². The lowest BCUT2D eigenvalue weighted by molar-refractivity contribution is 1.17. The molecule has 4 rings (SSSR count). The largest absolute Gasteiger partial charge is 0.354 e. The Balaban J connectivity index is 2.05. The Kier molecular flexibility index (Phi) is 2.47. The van der Waals surface area contributed by atoms with E-state index in [4.69, 9.17) is 0 Å². The average molecular weight is 326 g/mol. The maximum atomic E-state index is 4.62. The van der Waals surface area contributed by atoms with Crippen molar-refractivity contribution in [2.45, 2.75) is 6.92 Å². The Morgan fingerprint density at radius 3 is 2.85 bits per heavy atom. The number of hydrogen-bond donors (Lipinski definition) is 1. The van der Waals surface area contributed by atoms with Gasteiger partial charge < -0.3 is 9.38 Å². The molecule has 0 atom stereocenters. The SMILES string of the molecule is Cc1cn2cc(Br)cc(-c3cc4ccccc4[nH]3)c2n1. The number of rotatable bonds is 1. The lowest BCUT2D eigenvalue weighted by Gasteiger charge is -2.03. The van der Waals surface area contributed by atoms with Crippen LogP contribution in [0.3, 0.4) is 0 Å². The summed E-state index contributed by atoms with van der Waals surface area (Å²) in [5.74, 6) is 0. The lowest BCUT2D eigenvalue weighted by Crippen LogP contribution is -1.88. The molecule has 0 saturated carbocycles. The Morgan fingerprint density at radius 1 is 1.15 bits per heavy atom. The molecule has 0 unspecified atom stereocenters. The van der Waals surface area contributed by atoms with Gasteiger partial charge in [0.2, 0.25) is 0 Å². The van der Waals surface area contributed by atoms with Gasteiger partial charge in [-0.15, -0.1) is 0 Å². The smallest absolute Gasteiger partial charge is 0.146 e. The van der Waals surface area contributed by atoms with Crippen LogP contribution in [0.5, 0.6) is 0 Å². The summed E-state index contributed by atoms with van der Waals surface area (Å²) in [5, 5.41) is 1.21. The van der Waals surface area contributed by atoms with Crippen molar-refractivity contribution in [3.63, 3.8) is 0 Å². The van der Waals surface area contributed by atoms with Gasteiger partial charge in [0.1, 0.15) is 5.65 Å². The molecule has 3 aromatic heterocycles. The summed E-state index contributed by atoms with van der Waals surface area (Å²) in [6.07, 6.45) is 4.06. The van der Waals surface area contributed by atoms with Crippen molar-refractivity contribution in [3.05, 3.63) is 59.0 Å². The molecule has 0 aliphatic rings. The molecule has 0 fully saturated rings. The number of benzene rings is 1. The van der Waals surface area contributed by atoms with E-state index in [9.17, 15) is 0 Å². The van der Waals surface area contributed by atoms with E-state index in [1.807, 2.05) is 25.4 Å². The molecule has 0 spiro atoms. The predicted octanol–water partition coefficient (Wildman–Crippen LogP) is 4.55. The van der Waals surface area contributed by atoms with E-state index in [-0.39, 0.29) is 0 Å². The van der Waals surface area contributed by atoms with Crippen LogP contribution in [0, 0.1) is 6.92 Å². The number of pyridine rings is 1. The highest BCUT2D eigenvalue weighted by atomic mass is 79.9. The molecular weight excluding hydrogens is 314 g/mol. The molecule has 20 heavy (non-hydrogen) atoms. The summed E-state index contributed by atoms with van der Waals surface area (Å²) in [5.41, 5.74) is 5.31. The second-order valence-corrected chi connectivity index (χ2v) is 5.87. The van der Waals surface area contributed by atoms with Crippen molar-refractivity contribution in [2.24, 2.45) is 0 Å². The van der Waals surface area contributed by atoms with Crippen molar-refractivity contribution < 1.29 is 0 Å². The summed E-state index contributed by atoms with van der Waals surface area (Å²) in [7, 11) is 0. The first-order chi connectivity index (χ1) is 9.70. The van der Waals surface area contributed by atoms with E-state index >= 15 is 0 Å². The molecule has 0 aliphatic carbocycles. The molecular formula is C16H12BrN3. The van der Waals surface area contributed by atoms with Crippen molar-refractivity contribution in [3.8, 4) is 11.3 Å². The minimum absolute atomic E-state index is 0.970. The van der Waals surface area contributed by atoms with Gasteiger partial charge >= 0.3 is 0 Å². The Bertz CT molecular complexity index is 900. The summed E-state index contributed by atoms with van der Waals surface area (Å²) in [4.78, 5) is 8.09. The Hall–Kier alpha value is -2.07. The standard InChI is InChI=1S/C16H12BrN3/c1-10-8-20-9-12(17)7-13(16(20)18-10)15-6-11-4-2-3-5-14(11)19-15/h2-9,19H,1H3. The van der Waals surface area contributed by atoms with Crippen molar-refractivity contribution in [1.82, 2.24) is 14.4 Å². The normalized spacial score (nSPS) is 11.5. The monoisotopic (exact) mass is 325 g/mol. The van der Waals surface area contributed by atoms with Crippen molar-refractivity contribution >= 4 is 32.5 Å². The molecule has 0 radical (unpaired) electrons. The fraction of sp³-hybridized carbons (Fsp3) is 0.0625. The number of nitrogens with one attached hydrogen (secondary N) is 1. The number of aryl methyl sites for hydroxylation is 1. The molecule has 3 heterocycles. The van der Waals surface area contributed by atoms with Crippen LogP contribution in [0.15, 0.2) is 53.3 Å². The lowest BCUT2D eigenvalue weighted by atomic mass is 10.2. The van der Waals surface area contributed by atoms with E-state index in [2.05, 4.69) is 60.6 Å². The van der Waals surface area contributed by atoms with Crippen LogP contribution in [-0.2, 0) is 0 Å². The number of halogens is 1. The third-order valence-corrected chi connectivity index (χ3v) is 3.89. The fourth-order valence-corrected chi connectivity index (χ4v) is 3.05. The van der Waals surface area contributed by atoms with E-state index in [1.165, 1.54) is 5.39 Å². The quantitative estimate of drug-likeness (QED) is 0.547. The molecule has 3 nitrogen and oxygen atoms in total. The minimum Gasteiger partial charge on any atom is -0.354 e. The van der Waals surface area contributed by atoms with Crippen molar-refractivity contribution in [1.29, 1.82) is 0 Å². The number of hydrogen-bond acceptors (Lipinski definition) is 1. The zero-order valence-corrected chi connectivity index (χ0v) is 12.5. The second-order valence-electron chi connectivity index (χ2n) is 4.96. The van der Waals surface area contributed by atoms with E-state index in [1.54, 1.807) is 0 Å². The third-order valence-electron chi connectivity index (χ3n) is 3.46. The highest BCUT2D eigenvalue weighted by Crippen LogP contribution is 2.29. The summed E-state index contributed by atoms with van der Waals surface area (Å²) in [6.45, 7) is 2.01. The van der Waals surface area contributed by atoms with Crippen LogP contribution < -0.4 is 0 Å². The first kappa shape index (κ1) is 11.7. The molecule has 98 valence electrons. The maximum Gasteiger partial charge on any atom is 0.146 e. The fourth-order valence-electron chi connectivity index (χ4n) is 2.60. The topological polar surface area (TPSA) is 33.1 Å². The Morgan fingerprint density at radius 2 is 2.00 bits per heavy atom. The number of H-pyrrole nitrogens is 1. The van der Waals surface area contributed by atoms with Gasteiger partial charge in [-0.3, -0.25) is 0 Å². The van der Waals surface area contributed by atoms with Crippen LogP contribution in [-0.4, -0.2) is 14.4 Å². The number of aromatic nitrogens is 3. The molecule has 0 saturated heterocycles. The first-order valence-electron chi connectivity index (χ1n) is 6.44. The van der Waals surface area contributed by atoms with Crippen LogP contribution in [0.25, 0.3) is 27.8 Å². The van der Waals surface area contributed by atoms with E-state index < -0.39 is 0 Å². The third kappa shape index (κ3) is 1.76. The van der Waals surface area contributed by atoms with Gasteiger partial charge in [0.25, 0.3) is 0 Å². The van der Waals surface area contributed by atoms with Gasteiger partial charge in [-0.25, -0.2) is 4.98 Å². The summed E-state index contributed by atoms with van der Waals surface area (Å²) < 4.78 is 3.09. The average Bonchev–Trinajstić information content (AvgIpc) is 2.99. The van der Waals surface area contributed by atoms with Gasteiger partial charge in [-0.2, -0.15) is 0 Å². The number of nitrogens with zero attached hydrogens (tertiary/aromatic N) is 2. The molecule has 1 aromatic carbocycles. The van der Waals surface area contributed by atoms with Crippen LogP contribution >= 0.6 is 15.9 Å². The van der Waals surface area contributed by atoms with Gasteiger partial charge in [-0.05, 0) is 41.1 Å². The molecule has 4 aromatic rings. The van der Waals surface area contributed by atoms with Gasteiger partial charge in [0, 0.05) is 33.3 Å². The number of aromatic amines is 1. The molecule has 0 amide bonds. The summed E-state index contributed by atoms with van der Waals surface area (Å²) >= 11 is 3.57. The minimum atomic E-state index is 0.970.